The molecule has 6 heteroatoms. The van der Waals surface area contributed by atoms with E-state index in [0.29, 0.717) is 12.5 Å². The summed E-state index contributed by atoms with van der Waals surface area (Å²) in [6, 6.07) is 2.32. The van der Waals surface area contributed by atoms with E-state index in [2.05, 4.69) is 31.7 Å². The topological polar surface area (TPSA) is 67.2 Å². The lowest BCUT2D eigenvalue weighted by Gasteiger charge is -2.24. The molecule has 24 heavy (non-hydrogen) atoms. The monoisotopic (exact) mass is 345 g/mol. The quantitative estimate of drug-likeness (QED) is 0.871. The fourth-order valence-electron chi connectivity index (χ4n) is 3.93. The second kappa shape index (κ2) is 6.33. The van der Waals surface area contributed by atoms with Crippen molar-refractivity contribution in [2.75, 3.05) is 6.61 Å². The van der Waals surface area contributed by atoms with Crippen LogP contribution in [0.25, 0.3) is 0 Å². The number of hydrogen-bond donors (Lipinski definition) is 2. The molecule has 0 spiro atoms. The van der Waals surface area contributed by atoms with Gasteiger partial charge in [0.05, 0.1) is 12.3 Å². The number of aliphatic hydroxyl groups excluding tert-OH is 1. The molecule has 4 rings (SSSR count). The van der Waals surface area contributed by atoms with Gasteiger partial charge in [0.25, 0.3) is 0 Å². The van der Waals surface area contributed by atoms with E-state index in [0.717, 1.165) is 37.2 Å². The Hall–Kier alpha value is -1.66. The zero-order chi connectivity index (χ0) is 16.7. The first-order valence-corrected chi connectivity index (χ1v) is 9.60. The summed E-state index contributed by atoms with van der Waals surface area (Å²) in [5.74, 6) is 1.72. The van der Waals surface area contributed by atoms with E-state index in [-0.39, 0.29) is 24.5 Å². The number of carbonyl (C=O) groups is 1. The molecule has 0 aromatic carbocycles. The number of imidazole rings is 1. The molecule has 2 N–H and O–H groups in total. The van der Waals surface area contributed by atoms with Crippen LogP contribution >= 0.6 is 11.3 Å². The molecule has 128 valence electrons. The lowest BCUT2D eigenvalue weighted by Crippen LogP contribution is -2.40. The van der Waals surface area contributed by atoms with Crippen LogP contribution < -0.4 is 5.32 Å². The number of carbonyl (C=O) groups excluding carboxylic acids is 1. The predicted molar refractivity (Wildman–Crippen MR) is 93.2 cm³/mol. The zero-order valence-corrected chi connectivity index (χ0v) is 14.7. The van der Waals surface area contributed by atoms with Crippen molar-refractivity contribution >= 4 is 17.2 Å². The van der Waals surface area contributed by atoms with Gasteiger partial charge in [-0.3, -0.25) is 4.79 Å². The number of amides is 1. The van der Waals surface area contributed by atoms with E-state index in [4.69, 9.17) is 0 Å². The smallest absolute Gasteiger partial charge is 0.223 e. The normalized spacial score (nSPS) is 25.3. The molecule has 1 unspecified atom stereocenters. The van der Waals surface area contributed by atoms with Crippen LogP contribution in [-0.4, -0.2) is 33.2 Å². The van der Waals surface area contributed by atoms with Crippen molar-refractivity contribution in [3.05, 3.63) is 39.6 Å². The van der Waals surface area contributed by atoms with E-state index in [9.17, 15) is 9.90 Å². The average molecular weight is 345 g/mol. The number of hydrogen-bond acceptors (Lipinski definition) is 4. The largest absolute Gasteiger partial charge is 0.395 e. The highest BCUT2D eigenvalue weighted by molar-refractivity contribution is 7.08. The summed E-state index contributed by atoms with van der Waals surface area (Å²) >= 11 is 1.70. The fraction of sp³-hybridized carbons (Fsp3) is 0.556. The first kappa shape index (κ1) is 15.8. The molecular weight excluding hydrogens is 322 g/mol. The maximum Gasteiger partial charge on any atom is 0.223 e. The van der Waals surface area contributed by atoms with Gasteiger partial charge in [-0.2, -0.15) is 11.3 Å². The van der Waals surface area contributed by atoms with Crippen molar-refractivity contribution in [2.24, 2.45) is 5.92 Å². The maximum atomic E-state index is 12.5. The van der Waals surface area contributed by atoms with Crippen molar-refractivity contribution in [1.82, 2.24) is 14.9 Å². The second-order valence-corrected chi connectivity index (χ2v) is 7.66. The van der Waals surface area contributed by atoms with Gasteiger partial charge in [0.1, 0.15) is 5.82 Å². The highest BCUT2D eigenvalue weighted by Crippen LogP contribution is 2.48. The Labute approximate surface area is 145 Å². The molecule has 0 radical (unpaired) electrons. The number of nitrogens with one attached hydrogen (secondary N) is 1. The molecule has 1 saturated carbocycles. The van der Waals surface area contributed by atoms with Gasteiger partial charge in [-0.25, -0.2) is 4.98 Å². The Kier molecular flexibility index (Phi) is 4.18. The van der Waals surface area contributed by atoms with E-state index in [1.165, 1.54) is 11.3 Å². The van der Waals surface area contributed by atoms with Crippen molar-refractivity contribution in [3.63, 3.8) is 0 Å². The first-order valence-electron chi connectivity index (χ1n) is 8.65. The van der Waals surface area contributed by atoms with Crippen LogP contribution in [0, 0.1) is 12.8 Å². The lowest BCUT2D eigenvalue weighted by atomic mass is 9.95. The molecule has 2 aromatic rings. The molecule has 0 saturated heterocycles. The van der Waals surface area contributed by atoms with E-state index in [1.807, 2.05) is 6.92 Å². The second-order valence-electron chi connectivity index (χ2n) is 6.88. The molecule has 2 heterocycles. The summed E-state index contributed by atoms with van der Waals surface area (Å²) in [4.78, 5) is 17.1. The average Bonchev–Trinajstić information content (AvgIpc) is 3.06. The van der Waals surface area contributed by atoms with Gasteiger partial charge in [0.2, 0.25) is 5.91 Å². The number of thiophene rings is 1. The van der Waals surface area contributed by atoms with Crippen molar-refractivity contribution in [1.29, 1.82) is 0 Å². The van der Waals surface area contributed by atoms with E-state index < -0.39 is 0 Å². The van der Waals surface area contributed by atoms with Gasteiger partial charge in [-0.05, 0) is 54.5 Å². The Bertz CT molecular complexity index is 738. The van der Waals surface area contributed by atoms with Crippen molar-refractivity contribution in [3.8, 4) is 0 Å². The molecule has 1 amide bonds. The molecule has 2 aliphatic rings. The summed E-state index contributed by atoms with van der Waals surface area (Å²) in [6.45, 7) is 2.72. The van der Waals surface area contributed by atoms with E-state index >= 15 is 0 Å². The highest BCUT2D eigenvalue weighted by atomic mass is 32.1. The molecule has 0 aliphatic heterocycles. The first-order chi connectivity index (χ1) is 11.7. The Morgan fingerprint density at radius 3 is 3.17 bits per heavy atom. The summed E-state index contributed by atoms with van der Waals surface area (Å²) in [5, 5.41) is 16.7. The standard InChI is InChI=1S/C18H23N3O2S/c1-11-19-16-8-13(2-3-17(16)21(11)5-6-22)20-18(23)15-9-14(15)12-4-7-24-10-12/h4,7,10,13-15,22H,2-3,5-6,8-9H2,1H3,(H,20,23)/t13?,14-,15+/m0/s1. The zero-order valence-electron chi connectivity index (χ0n) is 13.9. The number of rotatable bonds is 5. The molecule has 2 aromatic heterocycles. The van der Waals surface area contributed by atoms with Gasteiger partial charge < -0.3 is 15.0 Å². The van der Waals surface area contributed by atoms with Gasteiger partial charge in [0.15, 0.2) is 0 Å². The summed E-state index contributed by atoms with van der Waals surface area (Å²) in [6.07, 6.45) is 3.64. The van der Waals surface area contributed by atoms with Crippen LogP contribution in [0.1, 0.15) is 41.5 Å². The van der Waals surface area contributed by atoms with Gasteiger partial charge in [0, 0.05) is 30.6 Å². The predicted octanol–water partition coefficient (Wildman–Crippen LogP) is 2.02. The lowest BCUT2D eigenvalue weighted by molar-refractivity contribution is -0.123. The SMILES string of the molecule is Cc1nc2c(n1CCO)CCC(NC(=O)[C@@H]1C[C@H]1c1ccsc1)C2. The van der Waals surface area contributed by atoms with Crippen molar-refractivity contribution in [2.45, 2.75) is 51.1 Å². The summed E-state index contributed by atoms with van der Waals surface area (Å²) < 4.78 is 2.11. The Morgan fingerprint density at radius 1 is 1.54 bits per heavy atom. The maximum absolute atomic E-state index is 12.5. The number of aliphatic hydroxyl groups is 1. The molecule has 2 aliphatic carbocycles. The summed E-state index contributed by atoms with van der Waals surface area (Å²) in [7, 11) is 0. The van der Waals surface area contributed by atoms with Gasteiger partial charge in [-0.1, -0.05) is 0 Å². The number of aromatic nitrogens is 2. The van der Waals surface area contributed by atoms with Crippen LogP contribution in [0.2, 0.25) is 0 Å². The number of fused-ring (bicyclic) bond motifs is 1. The van der Waals surface area contributed by atoms with Gasteiger partial charge in [-0.15, -0.1) is 0 Å². The molecule has 1 fully saturated rings. The van der Waals surface area contributed by atoms with E-state index in [1.54, 1.807) is 11.3 Å². The van der Waals surface area contributed by atoms with Crippen LogP contribution in [0.3, 0.4) is 0 Å². The highest BCUT2D eigenvalue weighted by Gasteiger charge is 2.44. The minimum absolute atomic E-state index is 0.134. The van der Waals surface area contributed by atoms with Crippen LogP contribution in [-0.2, 0) is 24.2 Å². The van der Waals surface area contributed by atoms with Crippen molar-refractivity contribution < 1.29 is 9.90 Å². The molecule has 5 nitrogen and oxygen atoms in total. The Balaban J connectivity index is 1.37. The molecule has 3 atom stereocenters. The van der Waals surface area contributed by atoms with Crippen LogP contribution in [0.15, 0.2) is 16.8 Å². The fourth-order valence-corrected chi connectivity index (χ4v) is 4.65. The van der Waals surface area contributed by atoms with Gasteiger partial charge >= 0.3 is 0 Å². The molecule has 0 bridgehead atoms. The minimum atomic E-state index is 0.134. The van der Waals surface area contributed by atoms with Crippen LogP contribution in [0.5, 0.6) is 0 Å². The molecular formula is C18H23N3O2S. The number of nitrogens with zero attached hydrogens (tertiary/aromatic N) is 2. The number of aryl methyl sites for hydroxylation is 1. The third-order valence-electron chi connectivity index (χ3n) is 5.28. The minimum Gasteiger partial charge on any atom is -0.395 e. The third kappa shape index (κ3) is 2.89. The van der Waals surface area contributed by atoms with Crippen LogP contribution in [0.4, 0.5) is 0 Å². The Morgan fingerprint density at radius 2 is 2.42 bits per heavy atom. The summed E-state index contributed by atoms with van der Waals surface area (Å²) in [5.41, 5.74) is 3.63. The third-order valence-corrected chi connectivity index (χ3v) is 5.99.